The molecule has 18 heavy (non-hydrogen) atoms. The highest BCUT2D eigenvalue weighted by Crippen LogP contribution is 2.27. The number of nitrogens with one attached hydrogen (secondary N) is 1. The zero-order chi connectivity index (χ0) is 13.0. The van der Waals surface area contributed by atoms with Crippen LogP contribution >= 0.6 is 23.2 Å². The van der Waals surface area contributed by atoms with Crippen molar-refractivity contribution in [1.82, 2.24) is 5.43 Å². The van der Waals surface area contributed by atoms with Gasteiger partial charge in [0.1, 0.15) is 5.76 Å². The van der Waals surface area contributed by atoms with Crippen molar-refractivity contribution in [3.8, 4) is 0 Å². The van der Waals surface area contributed by atoms with Crippen molar-refractivity contribution < 1.29 is 4.74 Å². The first-order valence-electron chi connectivity index (χ1n) is 5.94. The summed E-state index contributed by atoms with van der Waals surface area (Å²) >= 11 is 12.3. The summed E-state index contributed by atoms with van der Waals surface area (Å²) in [6, 6.07) is 5.39. The molecule has 1 aromatic carbocycles. The van der Waals surface area contributed by atoms with Crippen LogP contribution in [0.1, 0.15) is 18.4 Å². The second-order valence-corrected chi connectivity index (χ2v) is 5.04. The Morgan fingerprint density at radius 2 is 2.06 bits per heavy atom. The molecular weight excluding hydrogens is 271 g/mol. The molecule has 2 rings (SSSR count). The lowest BCUT2D eigenvalue weighted by atomic mass is 10.0. The minimum atomic E-state index is -0.0947. The van der Waals surface area contributed by atoms with E-state index in [-0.39, 0.29) is 6.04 Å². The van der Waals surface area contributed by atoms with E-state index >= 15 is 0 Å². The van der Waals surface area contributed by atoms with Gasteiger partial charge in [-0.25, -0.2) is 5.43 Å². The fourth-order valence-electron chi connectivity index (χ4n) is 1.99. The van der Waals surface area contributed by atoms with Gasteiger partial charge < -0.3 is 4.74 Å². The molecule has 1 atom stereocenters. The van der Waals surface area contributed by atoms with Gasteiger partial charge >= 0.3 is 0 Å². The lowest BCUT2D eigenvalue weighted by Crippen LogP contribution is -2.39. The van der Waals surface area contributed by atoms with E-state index in [2.05, 4.69) is 11.5 Å². The van der Waals surface area contributed by atoms with E-state index in [9.17, 15) is 0 Å². The minimum Gasteiger partial charge on any atom is -0.497 e. The molecule has 1 unspecified atom stereocenters. The highest BCUT2D eigenvalue weighted by Gasteiger charge is 2.19. The zero-order valence-electron chi connectivity index (χ0n) is 9.96. The number of ether oxygens (including phenoxy) is 1. The van der Waals surface area contributed by atoms with Gasteiger partial charge in [0.15, 0.2) is 0 Å². The molecule has 3 N–H and O–H groups in total. The van der Waals surface area contributed by atoms with Crippen LogP contribution in [0.15, 0.2) is 30.0 Å². The Hall–Kier alpha value is -0.740. The number of hydrazine groups is 1. The Balaban J connectivity index is 2.17. The van der Waals surface area contributed by atoms with Gasteiger partial charge in [-0.1, -0.05) is 29.3 Å². The third-order valence-electron chi connectivity index (χ3n) is 2.98. The van der Waals surface area contributed by atoms with E-state index in [1.54, 1.807) is 0 Å². The predicted octanol–water partition coefficient (Wildman–Crippen LogP) is 3.06. The summed E-state index contributed by atoms with van der Waals surface area (Å²) < 4.78 is 5.62. The van der Waals surface area contributed by atoms with Gasteiger partial charge in [0.05, 0.1) is 12.6 Å². The molecule has 0 fully saturated rings. The van der Waals surface area contributed by atoms with Gasteiger partial charge in [0, 0.05) is 10.0 Å². The van der Waals surface area contributed by atoms with Gasteiger partial charge in [-0.2, -0.15) is 0 Å². The van der Waals surface area contributed by atoms with Crippen LogP contribution < -0.4 is 11.3 Å². The number of hydrogen-bond acceptors (Lipinski definition) is 3. The van der Waals surface area contributed by atoms with Crippen molar-refractivity contribution in [1.29, 1.82) is 0 Å². The number of nitrogens with two attached hydrogens (primary N) is 1. The Labute approximate surface area is 117 Å². The molecule has 0 aromatic heterocycles. The van der Waals surface area contributed by atoms with Crippen molar-refractivity contribution in [2.45, 2.75) is 25.3 Å². The number of benzene rings is 1. The van der Waals surface area contributed by atoms with Crippen LogP contribution in [0.4, 0.5) is 0 Å². The summed E-state index contributed by atoms with van der Waals surface area (Å²) in [6.45, 7) is 0.736. The molecule has 0 amide bonds. The van der Waals surface area contributed by atoms with Crippen LogP contribution in [0, 0.1) is 0 Å². The maximum atomic E-state index is 6.16. The zero-order valence-corrected chi connectivity index (χ0v) is 11.5. The summed E-state index contributed by atoms with van der Waals surface area (Å²) in [4.78, 5) is 0. The Morgan fingerprint density at radius 3 is 2.61 bits per heavy atom. The van der Waals surface area contributed by atoms with Gasteiger partial charge in [-0.15, -0.1) is 0 Å². The number of hydrogen-bond donors (Lipinski definition) is 2. The first-order valence-corrected chi connectivity index (χ1v) is 6.70. The van der Waals surface area contributed by atoms with Crippen LogP contribution in [-0.2, 0) is 11.2 Å². The Morgan fingerprint density at radius 1 is 1.33 bits per heavy atom. The van der Waals surface area contributed by atoms with Crippen molar-refractivity contribution in [3.63, 3.8) is 0 Å². The van der Waals surface area contributed by atoms with Crippen LogP contribution in [0.5, 0.6) is 0 Å². The molecule has 1 aromatic rings. The molecule has 1 aliphatic heterocycles. The molecule has 0 radical (unpaired) electrons. The SMILES string of the molecule is NNC(Cc1c(Cl)cccc1Cl)C1=CCCCO1. The highest BCUT2D eigenvalue weighted by atomic mass is 35.5. The maximum Gasteiger partial charge on any atom is 0.111 e. The molecule has 98 valence electrons. The quantitative estimate of drug-likeness (QED) is 0.661. The summed E-state index contributed by atoms with van der Waals surface area (Å²) in [5.74, 6) is 6.47. The molecule has 1 heterocycles. The van der Waals surface area contributed by atoms with Crippen molar-refractivity contribution in [2.75, 3.05) is 6.61 Å². The molecule has 0 saturated carbocycles. The second kappa shape index (κ2) is 6.43. The topological polar surface area (TPSA) is 47.3 Å². The van der Waals surface area contributed by atoms with E-state index in [1.165, 1.54) is 0 Å². The number of halogens is 2. The van der Waals surface area contributed by atoms with Crippen molar-refractivity contribution in [2.24, 2.45) is 5.84 Å². The fraction of sp³-hybridized carbons (Fsp3) is 0.385. The summed E-state index contributed by atoms with van der Waals surface area (Å²) in [6.07, 6.45) is 4.75. The van der Waals surface area contributed by atoms with E-state index in [4.69, 9.17) is 33.8 Å². The lowest BCUT2D eigenvalue weighted by molar-refractivity contribution is 0.167. The largest absolute Gasteiger partial charge is 0.497 e. The van der Waals surface area contributed by atoms with E-state index in [1.807, 2.05) is 18.2 Å². The fourth-order valence-corrected chi connectivity index (χ4v) is 2.54. The second-order valence-electron chi connectivity index (χ2n) is 4.22. The molecule has 5 heteroatoms. The van der Waals surface area contributed by atoms with E-state index in [0.29, 0.717) is 16.5 Å². The smallest absolute Gasteiger partial charge is 0.111 e. The molecule has 0 saturated heterocycles. The van der Waals surface area contributed by atoms with Gasteiger partial charge in [-0.05, 0) is 43.0 Å². The normalized spacial score (nSPS) is 16.9. The molecular formula is C13H16Cl2N2O. The lowest BCUT2D eigenvalue weighted by Gasteiger charge is -2.23. The average molecular weight is 287 g/mol. The molecule has 1 aliphatic rings. The van der Waals surface area contributed by atoms with Crippen LogP contribution in [-0.4, -0.2) is 12.6 Å². The van der Waals surface area contributed by atoms with E-state index < -0.39 is 0 Å². The van der Waals surface area contributed by atoms with Gasteiger partial charge in [0.2, 0.25) is 0 Å². The van der Waals surface area contributed by atoms with E-state index in [0.717, 1.165) is 30.8 Å². The predicted molar refractivity (Wildman–Crippen MR) is 74.5 cm³/mol. The first-order chi connectivity index (χ1) is 8.72. The van der Waals surface area contributed by atoms with Gasteiger partial charge in [0.25, 0.3) is 0 Å². The third kappa shape index (κ3) is 3.18. The third-order valence-corrected chi connectivity index (χ3v) is 3.69. The van der Waals surface area contributed by atoms with Crippen LogP contribution in [0.25, 0.3) is 0 Å². The molecule has 0 spiro atoms. The Kier molecular flexibility index (Phi) is 4.89. The van der Waals surface area contributed by atoms with Gasteiger partial charge in [-0.3, -0.25) is 5.84 Å². The molecule has 0 bridgehead atoms. The number of rotatable bonds is 4. The summed E-state index contributed by atoms with van der Waals surface area (Å²) in [5.41, 5.74) is 3.65. The van der Waals surface area contributed by atoms with Crippen molar-refractivity contribution >= 4 is 23.2 Å². The van der Waals surface area contributed by atoms with Crippen LogP contribution in [0.3, 0.4) is 0 Å². The highest BCUT2D eigenvalue weighted by molar-refractivity contribution is 6.36. The number of allylic oxidation sites excluding steroid dienone is 1. The monoisotopic (exact) mass is 286 g/mol. The Bertz CT molecular complexity index is 428. The maximum absolute atomic E-state index is 6.16. The van der Waals surface area contributed by atoms with Crippen molar-refractivity contribution in [3.05, 3.63) is 45.6 Å². The summed E-state index contributed by atoms with van der Waals surface area (Å²) in [5, 5.41) is 1.30. The minimum absolute atomic E-state index is 0.0947. The van der Waals surface area contributed by atoms with Crippen LogP contribution in [0.2, 0.25) is 10.0 Å². The first kappa shape index (κ1) is 13.7. The molecule has 3 nitrogen and oxygen atoms in total. The molecule has 0 aliphatic carbocycles. The summed E-state index contributed by atoms with van der Waals surface area (Å²) in [7, 11) is 0. The average Bonchev–Trinajstić information content (AvgIpc) is 2.40. The standard InChI is InChI=1S/C13H16Cl2N2O/c14-10-4-3-5-11(15)9(10)8-12(17-16)13-6-1-2-7-18-13/h3-6,12,17H,1-2,7-8,16H2.